The minimum absolute atomic E-state index is 0.0315. The van der Waals surface area contributed by atoms with Crippen LogP contribution in [-0.2, 0) is 21.7 Å². The van der Waals surface area contributed by atoms with Gasteiger partial charge in [-0.25, -0.2) is 0 Å². The van der Waals surface area contributed by atoms with Crippen molar-refractivity contribution >= 4 is 13.8 Å². The molecule has 0 atom stereocenters. The SMILES string of the molecule is CC=[P](Oc1ccc(C(C)(C)C)cc1C(C)(C)C)Oc1ccc(C(C)(C)C)cc1C(C)(C)C. The van der Waals surface area contributed by atoms with Crippen LogP contribution in [0.3, 0.4) is 0 Å². The van der Waals surface area contributed by atoms with Crippen molar-refractivity contribution in [1.82, 2.24) is 0 Å². The van der Waals surface area contributed by atoms with Gasteiger partial charge in [-0.15, -0.1) is 0 Å². The second-order valence-electron chi connectivity index (χ2n) is 13.1. The van der Waals surface area contributed by atoms with E-state index < -0.39 is 8.00 Å². The maximum atomic E-state index is 6.55. The number of hydrogen-bond acceptors (Lipinski definition) is 2. The Morgan fingerprint density at radius 2 is 0.879 bits per heavy atom. The molecule has 2 aromatic rings. The van der Waals surface area contributed by atoms with Crippen molar-refractivity contribution in [2.45, 2.75) is 112 Å². The zero-order chi connectivity index (χ0) is 25.4. The van der Waals surface area contributed by atoms with Crippen LogP contribution in [0.4, 0.5) is 0 Å². The van der Waals surface area contributed by atoms with Crippen molar-refractivity contribution in [3.63, 3.8) is 0 Å². The van der Waals surface area contributed by atoms with E-state index in [9.17, 15) is 0 Å². The molecule has 0 saturated heterocycles. The highest BCUT2D eigenvalue weighted by Gasteiger charge is 2.26. The van der Waals surface area contributed by atoms with Crippen LogP contribution in [0.2, 0.25) is 0 Å². The summed E-state index contributed by atoms with van der Waals surface area (Å²) in [5.41, 5.74) is 5.18. The van der Waals surface area contributed by atoms with Crippen LogP contribution in [0.15, 0.2) is 36.4 Å². The molecule has 2 rings (SSSR count). The summed E-state index contributed by atoms with van der Waals surface area (Å²) in [5, 5.41) is 0. The summed E-state index contributed by atoms with van der Waals surface area (Å²) < 4.78 is 13.1. The predicted molar refractivity (Wildman–Crippen MR) is 148 cm³/mol. The highest BCUT2D eigenvalue weighted by molar-refractivity contribution is 7.48. The second-order valence-corrected chi connectivity index (χ2v) is 14.6. The molecule has 0 aliphatic heterocycles. The molecule has 2 nitrogen and oxygen atoms in total. The average molecular weight is 470 g/mol. The fourth-order valence-corrected chi connectivity index (χ4v) is 4.60. The molecule has 0 aliphatic rings. The van der Waals surface area contributed by atoms with Crippen LogP contribution in [0, 0.1) is 0 Å². The zero-order valence-electron chi connectivity index (χ0n) is 23.3. The lowest BCUT2D eigenvalue weighted by molar-refractivity contribution is 0.472. The van der Waals surface area contributed by atoms with Gasteiger partial charge in [0.15, 0.2) is 0 Å². The minimum Gasteiger partial charge on any atom is -0.417 e. The molecule has 0 saturated carbocycles. The summed E-state index contributed by atoms with van der Waals surface area (Å²) in [6.07, 6.45) is 0. The largest absolute Gasteiger partial charge is 0.417 e. The standard InChI is InChI=1S/C30H46O2P/c1-14-33(31-25-17-15-21(27(2,3)4)19-23(25)29(8,9)10)32-26-18-16-22(28(5,6)7)20-24(26)30(11,12)13/h14-20H,1-13H3. The molecular weight excluding hydrogens is 423 g/mol. The van der Waals surface area contributed by atoms with E-state index in [1.54, 1.807) is 0 Å². The van der Waals surface area contributed by atoms with Gasteiger partial charge in [-0.3, -0.25) is 0 Å². The summed E-state index contributed by atoms with van der Waals surface area (Å²) >= 11 is 0. The smallest absolute Gasteiger partial charge is 0.240 e. The lowest BCUT2D eigenvalue weighted by Gasteiger charge is -2.29. The van der Waals surface area contributed by atoms with E-state index in [0.29, 0.717) is 0 Å². The minimum atomic E-state index is -1.24. The van der Waals surface area contributed by atoms with E-state index in [1.165, 1.54) is 22.3 Å². The van der Waals surface area contributed by atoms with Crippen LogP contribution < -0.4 is 9.05 Å². The van der Waals surface area contributed by atoms with Crippen LogP contribution >= 0.6 is 8.00 Å². The fraction of sp³-hybridized carbons (Fsp3) is 0.567. The molecule has 0 aliphatic carbocycles. The van der Waals surface area contributed by atoms with Crippen molar-refractivity contribution < 1.29 is 9.05 Å². The van der Waals surface area contributed by atoms with E-state index in [2.05, 4.69) is 119 Å². The lowest BCUT2D eigenvalue weighted by atomic mass is 9.80. The first-order chi connectivity index (χ1) is 14.8. The number of hydrogen-bond donors (Lipinski definition) is 0. The molecule has 33 heavy (non-hydrogen) atoms. The Bertz CT molecular complexity index is 924. The third-order valence-corrected chi connectivity index (χ3v) is 7.07. The van der Waals surface area contributed by atoms with Gasteiger partial charge in [0.2, 0.25) is 8.00 Å². The Morgan fingerprint density at radius 1 is 0.545 bits per heavy atom. The van der Waals surface area contributed by atoms with Crippen molar-refractivity contribution in [3.8, 4) is 11.5 Å². The van der Waals surface area contributed by atoms with Gasteiger partial charge in [0.1, 0.15) is 11.5 Å². The Labute approximate surface area is 204 Å². The highest BCUT2D eigenvalue weighted by Crippen LogP contribution is 2.43. The zero-order valence-corrected chi connectivity index (χ0v) is 24.2. The molecule has 0 heterocycles. The van der Waals surface area contributed by atoms with Crippen molar-refractivity contribution in [1.29, 1.82) is 0 Å². The summed E-state index contributed by atoms with van der Waals surface area (Å²) in [6.45, 7) is 29.0. The van der Waals surface area contributed by atoms with E-state index in [-0.39, 0.29) is 21.7 Å². The third kappa shape index (κ3) is 7.10. The van der Waals surface area contributed by atoms with Crippen molar-refractivity contribution in [2.75, 3.05) is 0 Å². The van der Waals surface area contributed by atoms with Crippen LogP contribution in [0.5, 0.6) is 11.5 Å². The fourth-order valence-electron chi connectivity index (χ4n) is 3.64. The van der Waals surface area contributed by atoms with Gasteiger partial charge in [-0.2, -0.15) is 0 Å². The van der Waals surface area contributed by atoms with Gasteiger partial charge in [-0.1, -0.05) is 107 Å². The lowest BCUT2D eigenvalue weighted by Crippen LogP contribution is -2.18. The summed E-state index contributed by atoms with van der Waals surface area (Å²) in [7, 11) is -1.24. The molecule has 1 radical (unpaired) electrons. The molecule has 3 heteroatoms. The molecule has 0 spiro atoms. The first kappa shape index (κ1) is 27.5. The molecule has 0 bridgehead atoms. The van der Waals surface area contributed by atoms with Gasteiger partial charge in [0.25, 0.3) is 0 Å². The van der Waals surface area contributed by atoms with Gasteiger partial charge >= 0.3 is 0 Å². The van der Waals surface area contributed by atoms with E-state index in [0.717, 1.165) is 11.5 Å². The van der Waals surface area contributed by atoms with Gasteiger partial charge in [0, 0.05) is 16.9 Å². The number of benzene rings is 2. The van der Waals surface area contributed by atoms with E-state index in [4.69, 9.17) is 9.05 Å². The summed E-state index contributed by atoms with van der Waals surface area (Å²) in [5.74, 6) is 3.86. The Balaban J connectivity index is 2.47. The maximum absolute atomic E-state index is 6.55. The molecule has 0 fully saturated rings. The highest BCUT2D eigenvalue weighted by atomic mass is 31.1. The Hall–Kier alpha value is -1.79. The summed E-state index contributed by atoms with van der Waals surface area (Å²) in [6, 6.07) is 13.2. The van der Waals surface area contributed by atoms with Gasteiger partial charge < -0.3 is 9.05 Å². The van der Waals surface area contributed by atoms with Crippen LogP contribution in [-0.4, -0.2) is 5.80 Å². The normalized spacial score (nSPS) is 13.0. The third-order valence-electron chi connectivity index (χ3n) is 5.89. The molecule has 0 unspecified atom stereocenters. The maximum Gasteiger partial charge on any atom is 0.240 e. The number of rotatable bonds is 4. The Kier molecular flexibility index (Phi) is 7.87. The second kappa shape index (κ2) is 9.46. The van der Waals surface area contributed by atoms with Gasteiger partial charge in [0.05, 0.1) is 0 Å². The Morgan fingerprint density at radius 3 is 1.12 bits per heavy atom. The quantitative estimate of drug-likeness (QED) is 0.415. The monoisotopic (exact) mass is 469 g/mol. The molecule has 183 valence electrons. The topological polar surface area (TPSA) is 18.5 Å². The van der Waals surface area contributed by atoms with Gasteiger partial charge in [-0.05, 0) is 51.8 Å². The first-order valence-corrected chi connectivity index (χ1v) is 13.3. The molecule has 0 aromatic heterocycles. The molecular formula is C30H46O2P. The van der Waals surface area contributed by atoms with Crippen molar-refractivity contribution in [2.24, 2.45) is 0 Å². The van der Waals surface area contributed by atoms with E-state index in [1.807, 2.05) is 12.7 Å². The molecule has 2 aromatic carbocycles. The predicted octanol–water partition coefficient (Wildman–Crippen LogP) is 9.47. The first-order valence-electron chi connectivity index (χ1n) is 12.1. The molecule has 0 N–H and O–H groups in total. The summed E-state index contributed by atoms with van der Waals surface area (Å²) in [4.78, 5) is 0. The molecule has 0 amide bonds. The van der Waals surface area contributed by atoms with E-state index >= 15 is 0 Å². The average Bonchev–Trinajstić information content (AvgIpc) is 2.64. The van der Waals surface area contributed by atoms with Crippen molar-refractivity contribution in [3.05, 3.63) is 58.7 Å². The van der Waals surface area contributed by atoms with Crippen LogP contribution in [0.1, 0.15) is 112 Å². The van der Waals surface area contributed by atoms with Crippen LogP contribution in [0.25, 0.3) is 0 Å².